The molecule has 2 rings (SSSR count). The summed E-state index contributed by atoms with van der Waals surface area (Å²) in [4.78, 5) is 0. The van der Waals surface area contributed by atoms with E-state index in [0.717, 1.165) is 0 Å². The molecule has 84 valence electrons. The van der Waals surface area contributed by atoms with Gasteiger partial charge < -0.3 is 0 Å². The topological polar surface area (TPSA) is 0 Å². The minimum atomic E-state index is 0.600. The highest BCUT2D eigenvalue weighted by molar-refractivity contribution is 5.04. The van der Waals surface area contributed by atoms with Crippen molar-refractivity contribution in [3.05, 3.63) is 0 Å². The SMILES string of the molecule is CC.CC12CCC(C)(C)C(C)(CC1)C2. The molecule has 2 aliphatic rings. The quantitative estimate of drug-likeness (QED) is 0.510. The smallest absolute Gasteiger partial charge is 0.0269 e. The van der Waals surface area contributed by atoms with Gasteiger partial charge in [0.15, 0.2) is 0 Å². The predicted molar refractivity (Wildman–Crippen MR) is 64.4 cm³/mol. The summed E-state index contributed by atoms with van der Waals surface area (Å²) in [6.45, 7) is 13.9. The maximum atomic E-state index is 2.51. The number of hydrogen-bond acceptors (Lipinski definition) is 0. The van der Waals surface area contributed by atoms with Gasteiger partial charge in [-0.1, -0.05) is 41.5 Å². The van der Waals surface area contributed by atoms with Crippen molar-refractivity contribution >= 4 is 0 Å². The lowest BCUT2D eigenvalue weighted by Crippen LogP contribution is -2.38. The predicted octanol–water partition coefficient (Wildman–Crippen LogP) is 5.03. The van der Waals surface area contributed by atoms with Gasteiger partial charge in [0.1, 0.15) is 0 Å². The van der Waals surface area contributed by atoms with Gasteiger partial charge in [0.25, 0.3) is 0 Å². The number of rotatable bonds is 0. The summed E-state index contributed by atoms with van der Waals surface area (Å²) in [6, 6.07) is 0. The van der Waals surface area contributed by atoms with Crippen LogP contribution in [0.25, 0.3) is 0 Å². The zero-order chi connectivity index (χ0) is 11.0. The molecule has 0 nitrogen and oxygen atoms in total. The Labute approximate surface area is 90.5 Å². The first-order chi connectivity index (χ1) is 6.37. The van der Waals surface area contributed by atoms with E-state index in [1.165, 1.54) is 32.1 Å². The molecule has 0 spiro atoms. The van der Waals surface area contributed by atoms with Crippen molar-refractivity contribution in [2.75, 3.05) is 0 Å². The summed E-state index contributed by atoms with van der Waals surface area (Å²) in [7, 11) is 0. The minimum absolute atomic E-state index is 0.600. The Morgan fingerprint density at radius 1 is 0.714 bits per heavy atom. The molecule has 2 atom stereocenters. The number of fused-ring (bicyclic) bond motifs is 2. The van der Waals surface area contributed by atoms with Crippen molar-refractivity contribution in [1.29, 1.82) is 0 Å². The second kappa shape index (κ2) is 3.54. The summed E-state index contributed by atoms with van der Waals surface area (Å²) >= 11 is 0. The Morgan fingerprint density at radius 3 is 1.71 bits per heavy atom. The van der Waals surface area contributed by atoms with Crippen LogP contribution in [0.4, 0.5) is 0 Å². The van der Waals surface area contributed by atoms with E-state index in [9.17, 15) is 0 Å². The average Bonchev–Trinajstić information content (AvgIpc) is 2.41. The van der Waals surface area contributed by atoms with Crippen LogP contribution in [0, 0.1) is 16.2 Å². The fraction of sp³-hybridized carbons (Fsp3) is 1.00. The third-order valence-electron chi connectivity index (χ3n) is 5.08. The van der Waals surface area contributed by atoms with Crippen LogP contribution in [-0.2, 0) is 0 Å². The second-order valence-corrected chi connectivity index (χ2v) is 6.43. The second-order valence-electron chi connectivity index (χ2n) is 6.43. The molecule has 0 aromatic rings. The van der Waals surface area contributed by atoms with Gasteiger partial charge in [-0.2, -0.15) is 0 Å². The summed E-state index contributed by atoms with van der Waals surface area (Å²) in [5.41, 5.74) is 1.97. The molecule has 0 aromatic heterocycles. The van der Waals surface area contributed by atoms with E-state index < -0.39 is 0 Å². The first-order valence-corrected chi connectivity index (χ1v) is 6.37. The van der Waals surface area contributed by atoms with Crippen LogP contribution >= 0.6 is 0 Å². The lowest BCUT2D eigenvalue weighted by Gasteiger charge is -2.48. The van der Waals surface area contributed by atoms with E-state index in [-0.39, 0.29) is 0 Å². The lowest BCUT2D eigenvalue weighted by molar-refractivity contribution is 0.0221. The lowest BCUT2D eigenvalue weighted by atomic mass is 9.57. The van der Waals surface area contributed by atoms with Crippen molar-refractivity contribution in [2.24, 2.45) is 16.2 Å². The summed E-state index contributed by atoms with van der Waals surface area (Å²) in [5.74, 6) is 0. The fourth-order valence-corrected chi connectivity index (χ4v) is 3.40. The molecule has 0 N–H and O–H groups in total. The molecule has 2 aliphatic carbocycles. The molecule has 14 heavy (non-hydrogen) atoms. The maximum absolute atomic E-state index is 2.51. The molecular weight excluding hydrogens is 168 g/mol. The Hall–Kier alpha value is 0. The van der Waals surface area contributed by atoms with Crippen LogP contribution in [0.3, 0.4) is 0 Å². The van der Waals surface area contributed by atoms with E-state index in [0.29, 0.717) is 16.2 Å². The Bertz CT molecular complexity index is 204. The van der Waals surface area contributed by atoms with Gasteiger partial charge in [-0.15, -0.1) is 0 Å². The van der Waals surface area contributed by atoms with E-state index in [1.807, 2.05) is 13.8 Å². The van der Waals surface area contributed by atoms with Crippen molar-refractivity contribution in [2.45, 2.75) is 73.6 Å². The third-order valence-corrected chi connectivity index (χ3v) is 5.08. The number of hydrogen-bond donors (Lipinski definition) is 0. The molecule has 0 aliphatic heterocycles. The molecule has 2 bridgehead atoms. The van der Waals surface area contributed by atoms with Gasteiger partial charge in [-0.3, -0.25) is 0 Å². The zero-order valence-electron chi connectivity index (χ0n) is 11.0. The monoisotopic (exact) mass is 196 g/mol. The maximum Gasteiger partial charge on any atom is -0.0269 e. The third kappa shape index (κ3) is 1.73. The molecule has 2 fully saturated rings. The van der Waals surface area contributed by atoms with E-state index in [2.05, 4.69) is 27.7 Å². The zero-order valence-corrected chi connectivity index (χ0v) is 11.0. The van der Waals surface area contributed by atoms with Crippen molar-refractivity contribution in [3.63, 3.8) is 0 Å². The van der Waals surface area contributed by atoms with Crippen LogP contribution in [0.2, 0.25) is 0 Å². The van der Waals surface area contributed by atoms with Gasteiger partial charge in [-0.25, -0.2) is 0 Å². The van der Waals surface area contributed by atoms with E-state index >= 15 is 0 Å². The minimum Gasteiger partial charge on any atom is -0.0683 e. The van der Waals surface area contributed by atoms with Gasteiger partial charge in [0.05, 0.1) is 0 Å². The molecular formula is C14H28. The van der Waals surface area contributed by atoms with Crippen LogP contribution in [-0.4, -0.2) is 0 Å². The Kier molecular flexibility index (Phi) is 3.05. The summed E-state index contributed by atoms with van der Waals surface area (Å²) in [6.07, 6.45) is 7.34. The van der Waals surface area contributed by atoms with E-state index in [4.69, 9.17) is 0 Å². The average molecular weight is 196 g/mol. The molecule has 0 saturated heterocycles. The van der Waals surface area contributed by atoms with Crippen molar-refractivity contribution in [3.8, 4) is 0 Å². The standard InChI is InChI=1S/C12H22.C2H6/c1-10(2)5-6-11(3)7-8-12(10,4)9-11;1-2/h5-9H2,1-4H3;1-2H3. The van der Waals surface area contributed by atoms with Crippen LogP contribution < -0.4 is 0 Å². The van der Waals surface area contributed by atoms with Gasteiger partial charge >= 0.3 is 0 Å². The normalized spacial score (nSPS) is 44.1. The van der Waals surface area contributed by atoms with E-state index in [1.54, 1.807) is 0 Å². The Morgan fingerprint density at radius 2 is 1.21 bits per heavy atom. The van der Waals surface area contributed by atoms with Gasteiger partial charge in [0, 0.05) is 0 Å². The summed E-state index contributed by atoms with van der Waals surface area (Å²) in [5, 5.41) is 0. The fourth-order valence-electron chi connectivity index (χ4n) is 3.40. The first kappa shape index (κ1) is 12.1. The molecule has 0 aromatic carbocycles. The molecule has 0 heteroatoms. The van der Waals surface area contributed by atoms with Crippen LogP contribution in [0.15, 0.2) is 0 Å². The van der Waals surface area contributed by atoms with Crippen molar-refractivity contribution < 1.29 is 0 Å². The highest BCUT2D eigenvalue weighted by atomic mass is 14.6. The van der Waals surface area contributed by atoms with Crippen LogP contribution in [0.5, 0.6) is 0 Å². The molecule has 2 saturated carbocycles. The molecule has 2 unspecified atom stereocenters. The van der Waals surface area contributed by atoms with Gasteiger partial charge in [0.2, 0.25) is 0 Å². The highest BCUT2D eigenvalue weighted by Crippen LogP contribution is 2.65. The largest absolute Gasteiger partial charge is 0.0683 e. The highest BCUT2D eigenvalue weighted by Gasteiger charge is 2.54. The molecule has 0 amide bonds. The molecule has 0 radical (unpaired) electrons. The molecule has 0 heterocycles. The first-order valence-electron chi connectivity index (χ1n) is 6.37. The van der Waals surface area contributed by atoms with Crippen molar-refractivity contribution in [1.82, 2.24) is 0 Å². The van der Waals surface area contributed by atoms with Gasteiger partial charge in [-0.05, 0) is 48.3 Å². The Balaban J connectivity index is 0.000000461. The van der Waals surface area contributed by atoms with Crippen LogP contribution in [0.1, 0.15) is 73.6 Å². The summed E-state index contributed by atoms with van der Waals surface area (Å²) < 4.78 is 0.